The number of carbonyl (C=O) groups is 1. The van der Waals surface area contributed by atoms with E-state index in [1.807, 2.05) is 24.3 Å². The number of amides is 1. The average molecular weight is 326 g/mol. The average Bonchev–Trinajstić information content (AvgIpc) is 3.03. The molecule has 0 saturated heterocycles. The van der Waals surface area contributed by atoms with Crippen LogP contribution in [0, 0.1) is 11.8 Å². The molecule has 1 amide bonds. The third kappa shape index (κ3) is 3.64. The van der Waals surface area contributed by atoms with E-state index >= 15 is 0 Å². The summed E-state index contributed by atoms with van der Waals surface area (Å²) in [5, 5.41) is 4.02. The summed E-state index contributed by atoms with van der Waals surface area (Å²) in [7, 11) is 1.64. The normalized spacial score (nSPS) is 17.8. The molecule has 2 N–H and O–H groups in total. The number of benzene rings is 1. The van der Waals surface area contributed by atoms with Crippen molar-refractivity contribution in [1.82, 2.24) is 10.3 Å². The molecule has 0 radical (unpaired) electrons. The van der Waals surface area contributed by atoms with E-state index in [2.05, 4.69) is 30.2 Å². The van der Waals surface area contributed by atoms with Crippen LogP contribution in [0.25, 0.3) is 10.9 Å². The monoisotopic (exact) mass is 326 g/mol. The molecule has 24 heavy (non-hydrogen) atoms. The maximum atomic E-state index is 12.4. The van der Waals surface area contributed by atoms with Crippen LogP contribution in [0.3, 0.4) is 0 Å². The Balaban J connectivity index is 1.61. The molecule has 0 spiro atoms. The van der Waals surface area contributed by atoms with Crippen LogP contribution < -0.4 is 10.1 Å². The molecular formula is C20H26N2O2. The fourth-order valence-electron chi connectivity index (χ4n) is 3.32. The van der Waals surface area contributed by atoms with E-state index in [0.717, 1.165) is 41.3 Å². The lowest BCUT2D eigenvalue weighted by Gasteiger charge is -2.25. The van der Waals surface area contributed by atoms with Gasteiger partial charge < -0.3 is 15.0 Å². The number of nitrogens with one attached hydrogen (secondary N) is 2. The summed E-state index contributed by atoms with van der Waals surface area (Å²) in [6.07, 6.45) is 5.76. The lowest BCUT2D eigenvalue weighted by Crippen LogP contribution is -2.27. The number of ether oxygens (including phenoxy) is 1. The van der Waals surface area contributed by atoms with Crippen molar-refractivity contribution in [2.24, 2.45) is 11.8 Å². The molecular weight excluding hydrogens is 300 g/mol. The predicted molar refractivity (Wildman–Crippen MR) is 97.4 cm³/mol. The highest BCUT2D eigenvalue weighted by Crippen LogP contribution is 2.28. The zero-order valence-electron chi connectivity index (χ0n) is 14.7. The highest BCUT2D eigenvalue weighted by molar-refractivity contribution is 5.98. The topological polar surface area (TPSA) is 54.1 Å². The molecule has 0 fully saturated rings. The van der Waals surface area contributed by atoms with Gasteiger partial charge in [-0.2, -0.15) is 0 Å². The molecule has 2 aromatic rings. The van der Waals surface area contributed by atoms with Gasteiger partial charge in [-0.1, -0.05) is 25.5 Å². The Kier molecular flexibility index (Phi) is 4.93. The van der Waals surface area contributed by atoms with Crippen LogP contribution >= 0.6 is 0 Å². The fraction of sp³-hybridized carbons (Fsp3) is 0.450. The summed E-state index contributed by atoms with van der Waals surface area (Å²) >= 11 is 0. The van der Waals surface area contributed by atoms with E-state index in [-0.39, 0.29) is 5.91 Å². The SMILES string of the molecule is COc1ccc2[nH]c(C(=O)NCC3=CC[C@H](C(C)C)CC3)cc2c1. The summed E-state index contributed by atoms with van der Waals surface area (Å²) in [4.78, 5) is 15.6. The molecule has 1 heterocycles. The van der Waals surface area contributed by atoms with E-state index in [9.17, 15) is 4.79 Å². The number of aromatic nitrogens is 1. The largest absolute Gasteiger partial charge is 0.497 e. The molecule has 1 atom stereocenters. The minimum Gasteiger partial charge on any atom is -0.497 e. The fourth-order valence-corrected chi connectivity index (χ4v) is 3.32. The zero-order valence-corrected chi connectivity index (χ0v) is 14.7. The highest BCUT2D eigenvalue weighted by atomic mass is 16.5. The molecule has 4 heteroatoms. The molecule has 128 valence electrons. The number of methoxy groups -OCH3 is 1. The number of hydrogen-bond donors (Lipinski definition) is 2. The molecule has 0 saturated carbocycles. The Morgan fingerprint density at radius 3 is 2.88 bits per heavy atom. The van der Waals surface area contributed by atoms with Crippen molar-refractivity contribution in [2.75, 3.05) is 13.7 Å². The maximum Gasteiger partial charge on any atom is 0.267 e. The van der Waals surface area contributed by atoms with Crippen molar-refractivity contribution in [2.45, 2.75) is 33.1 Å². The summed E-state index contributed by atoms with van der Waals surface area (Å²) in [5.41, 5.74) is 2.88. The van der Waals surface area contributed by atoms with Gasteiger partial charge in [-0.15, -0.1) is 0 Å². The van der Waals surface area contributed by atoms with Crippen molar-refractivity contribution < 1.29 is 9.53 Å². The lowest BCUT2D eigenvalue weighted by molar-refractivity contribution is 0.0952. The van der Waals surface area contributed by atoms with Crippen LogP contribution in [0.15, 0.2) is 35.9 Å². The van der Waals surface area contributed by atoms with E-state index in [1.165, 1.54) is 12.0 Å². The number of fused-ring (bicyclic) bond motifs is 1. The predicted octanol–water partition coefficient (Wildman–Crippen LogP) is 4.29. The van der Waals surface area contributed by atoms with Crippen molar-refractivity contribution in [1.29, 1.82) is 0 Å². The number of hydrogen-bond acceptors (Lipinski definition) is 2. The van der Waals surface area contributed by atoms with Crippen LogP contribution in [0.4, 0.5) is 0 Å². The second kappa shape index (κ2) is 7.12. The molecule has 1 aliphatic carbocycles. The minimum absolute atomic E-state index is 0.0583. The van der Waals surface area contributed by atoms with Crippen LogP contribution in [-0.2, 0) is 0 Å². The molecule has 1 aromatic carbocycles. The summed E-state index contributed by atoms with van der Waals surface area (Å²) in [6.45, 7) is 5.22. The first-order valence-electron chi connectivity index (χ1n) is 8.69. The van der Waals surface area contributed by atoms with Gasteiger partial charge in [-0.25, -0.2) is 0 Å². The van der Waals surface area contributed by atoms with Gasteiger partial charge in [0, 0.05) is 17.4 Å². The maximum absolute atomic E-state index is 12.4. The Labute approximate surface area is 143 Å². The first-order valence-corrected chi connectivity index (χ1v) is 8.69. The van der Waals surface area contributed by atoms with E-state index in [1.54, 1.807) is 7.11 Å². The van der Waals surface area contributed by atoms with Gasteiger partial charge in [0.2, 0.25) is 0 Å². The van der Waals surface area contributed by atoms with E-state index < -0.39 is 0 Å². The highest BCUT2D eigenvalue weighted by Gasteiger charge is 2.18. The molecule has 4 nitrogen and oxygen atoms in total. The molecule has 0 bridgehead atoms. The molecule has 1 aliphatic rings. The third-order valence-corrected chi connectivity index (χ3v) is 5.04. The van der Waals surface area contributed by atoms with Gasteiger partial charge in [0.1, 0.15) is 11.4 Å². The van der Waals surface area contributed by atoms with Crippen molar-refractivity contribution in [3.8, 4) is 5.75 Å². The first kappa shape index (κ1) is 16.6. The minimum atomic E-state index is -0.0583. The van der Waals surface area contributed by atoms with Gasteiger partial charge >= 0.3 is 0 Å². The van der Waals surface area contributed by atoms with Crippen LogP contribution in [0.5, 0.6) is 5.75 Å². The van der Waals surface area contributed by atoms with Crippen molar-refractivity contribution in [3.63, 3.8) is 0 Å². The lowest BCUT2D eigenvalue weighted by atomic mass is 9.82. The van der Waals surface area contributed by atoms with Gasteiger partial charge in [-0.05, 0) is 55.4 Å². The number of H-pyrrole nitrogens is 1. The third-order valence-electron chi connectivity index (χ3n) is 5.04. The molecule has 3 rings (SSSR count). The van der Waals surface area contributed by atoms with Crippen LogP contribution in [-0.4, -0.2) is 24.5 Å². The van der Waals surface area contributed by atoms with E-state index in [4.69, 9.17) is 4.74 Å². The van der Waals surface area contributed by atoms with Crippen molar-refractivity contribution in [3.05, 3.63) is 41.6 Å². The number of aromatic amines is 1. The molecule has 0 aliphatic heterocycles. The zero-order chi connectivity index (χ0) is 17.1. The van der Waals surface area contributed by atoms with Crippen LogP contribution in [0.1, 0.15) is 43.6 Å². The molecule has 1 aromatic heterocycles. The second-order valence-corrected chi connectivity index (χ2v) is 6.96. The Morgan fingerprint density at radius 2 is 2.21 bits per heavy atom. The Hall–Kier alpha value is -2.23. The van der Waals surface area contributed by atoms with E-state index in [0.29, 0.717) is 12.2 Å². The number of allylic oxidation sites excluding steroid dienone is 1. The van der Waals surface area contributed by atoms with Gasteiger partial charge in [0.05, 0.1) is 7.11 Å². The number of rotatable bonds is 5. The van der Waals surface area contributed by atoms with Gasteiger partial charge in [0.25, 0.3) is 5.91 Å². The Bertz CT molecular complexity index is 758. The van der Waals surface area contributed by atoms with Gasteiger partial charge in [-0.3, -0.25) is 4.79 Å². The van der Waals surface area contributed by atoms with Crippen LogP contribution in [0.2, 0.25) is 0 Å². The quantitative estimate of drug-likeness (QED) is 0.805. The first-order chi connectivity index (χ1) is 11.6. The summed E-state index contributed by atoms with van der Waals surface area (Å²) in [6, 6.07) is 7.62. The van der Waals surface area contributed by atoms with Crippen molar-refractivity contribution >= 4 is 16.8 Å². The smallest absolute Gasteiger partial charge is 0.267 e. The second-order valence-electron chi connectivity index (χ2n) is 6.96. The standard InChI is InChI=1S/C20H26N2O2/c1-13(2)15-6-4-14(5-7-15)12-21-20(23)19-11-16-10-17(24-3)8-9-18(16)22-19/h4,8-11,13,15,22H,5-7,12H2,1-3H3,(H,21,23)/t15-/m0/s1. The summed E-state index contributed by atoms with van der Waals surface area (Å²) < 4.78 is 5.22. The number of carbonyl (C=O) groups excluding carboxylic acids is 1. The Morgan fingerprint density at radius 1 is 1.38 bits per heavy atom. The van der Waals surface area contributed by atoms with Gasteiger partial charge in [0.15, 0.2) is 0 Å². The summed E-state index contributed by atoms with van der Waals surface area (Å²) in [5.74, 6) is 2.26. The molecule has 0 unspecified atom stereocenters.